The third kappa shape index (κ3) is 4.68. The topological polar surface area (TPSA) is 66.8 Å². The zero-order valence-corrected chi connectivity index (χ0v) is 18.8. The summed E-state index contributed by atoms with van der Waals surface area (Å²) in [6.45, 7) is 1.10. The Bertz CT molecular complexity index is 1050. The van der Waals surface area contributed by atoms with Crippen molar-refractivity contribution in [1.29, 1.82) is 0 Å². The summed E-state index contributed by atoms with van der Waals surface area (Å²) in [4.78, 5) is 23.4. The van der Waals surface area contributed by atoms with Gasteiger partial charge in [0.05, 0.1) is 25.3 Å². The largest absolute Gasteiger partial charge is 0.463 e. The molecule has 1 saturated heterocycles. The Balaban J connectivity index is 1.80. The maximum atomic E-state index is 13.7. The van der Waals surface area contributed by atoms with Crippen LogP contribution >= 0.6 is 27.3 Å². The summed E-state index contributed by atoms with van der Waals surface area (Å²) in [6, 6.07) is 3.27. The Morgan fingerprint density at radius 3 is 2.81 bits per heavy atom. The molecule has 1 N–H and O–H groups in total. The third-order valence-electron chi connectivity index (χ3n) is 4.80. The minimum atomic E-state index is -2.75. The zero-order chi connectivity index (χ0) is 22.2. The van der Waals surface area contributed by atoms with Gasteiger partial charge in [-0.05, 0) is 24.6 Å². The number of carbonyl (C=O) groups is 1. The van der Waals surface area contributed by atoms with Crippen LogP contribution in [0.25, 0.3) is 0 Å². The van der Waals surface area contributed by atoms with Crippen LogP contribution in [0.5, 0.6) is 0 Å². The van der Waals surface area contributed by atoms with Crippen molar-refractivity contribution in [1.82, 2.24) is 15.2 Å². The number of hydrogen-bond donors (Lipinski definition) is 1. The molecule has 0 amide bonds. The lowest BCUT2D eigenvalue weighted by Gasteiger charge is -2.40. The number of amidine groups is 1. The lowest BCUT2D eigenvalue weighted by Crippen LogP contribution is -2.57. The quantitative estimate of drug-likeness (QED) is 0.592. The molecule has 1 fully saturated rings. The van der Waals surface area contributed by atoms with Gasteiger partial charge in [0.2, 0.25) is 0 Å². The van der Waals surface area contributed by atoms with E-state index in [0.29, 0.717) is 26.6 Å². The van der Waals surface area contributed by atoms with Gasteiger partial charge >= 0.3 is 5.97 Å². The van der Waals surface area contributed by atoms with Gasteiger partial charge in [0, 0.05) is 28.3 Å². The maximum Gasteiger partial charge on any atom is 0.338 e. The van der Waals surface area contributed by atoms with Gasteiger partial charge in [-0.2, -0.15) is 0 Å². The number of thiazole rings is 1. The monoisotopic (exact) mass is 514 g/mol. The molecule has 31 heavy (non-hydrogen) atoms. The van der Waals surface area contributed by atoms with E-state index in [1.165, 1.54) is 34.4 Å². The van der Waals surface area contributed by atoms with Crippen molar-refractivity contribution >= 4 is 39.1 Å². The van der Waals surface area contributed by atoms with Crippen LogP contribution in [-0.4, -0.2) is 53.9 Å². The molecule has 0 saturated carbocycles. The van der Waals surface area contributed by atoms with Crippen molar-refractivity contribution in [2.45, 2.75) is 18.9 Å². The summed E-state index contributed by atoms with van der Waals surface area (Å²) >= 11 is 4.70. The molecule has 0 radical (unpaired) electrons. The number of aliphatic imine (C=N–C) groups is 1. The summed E-state index contributed by atoms with van der Waals surface area (Å²) in [5.74, 6) is -3.39. The first kappa shape index (κ1) is 22.0. The second-order valence-electron chi connectivity index (χ2n) is 7.12. The predicted octanol–water partition coefficient (Wildman–Crippen LogP) is 3.90. The van der Waals surface area contributed by atoms with Crippen molar-refractivity contribution in [2.75, 3.05) is 26.2 Å². The molecule has 1 atom stereocenters. The minimum Gasteiger partial charge on any atom is -0.463 e. The first-order valence-corrected chi connectivity index (χ1v) is 11.1. The SMILES string of the molecule is CCOC(=O)C1=C(CN2CC(F)(F)C2)NC(c2nccs2)=NC1c1ccc(F)cc1Br. The molecular formula is C20H18BrF3N4O2S. The molecule has 164 valence electrons. The molecule has 2 aliphatic heterocycles. The fourth-order valence-electron chi connectivity index (χ4n) is 3.51. The van der Waals surface area contributed by atoms with Gasteiger partial charge in [0.15, 0.2) is 10.8 Å². The summed E-state index contributed by atoms with van der Waals surface area (Å²) in [7, 11) is 0. The summed E-state index contributed by atoms with van der Waals surface area (Å²) < 4.78 is 46.2. The van der Waals surface area contributed by atoms with Gasteiger partial charge in [-0.25, -0.2) is 22.9 Å². The molecule has 1 aromatic carbocycles. The van der Waals surface area contributed by atoms with Crippen LogP contribution in [0, 0.1) is 5.82 Å². The van der Waals surface area contributed by atoms with Gasteiger partial charge in [-0.1, -0.05) is 22.0 Å². The lowest BCUT2D eigenvalue weighted by molar-refractivity contribution is -0.139. The number of alkyl halides is 2. The maximum absolute atomic E-state index is 13.7. The Hall–Kier alpha value is -2.24. The number of likely N-dealkylation sites (tertiary alicyclic amines) is 1. The molecule has 2 aromatic rings. The van der Waals surface area contributed by atoms with Crippen molar-refractivity contribution in [3.05, 3.63) is 61.9 Å². The number of benzene rings is 1. The van der Waals surface area contributed by atoms with Gasteiger partial charge in [-0.3, -0.25) is 9.89 Å². The van der Waals surface area contributed by atoms with E-state index in [1.807, 2.05) is 0 Å². The number of hydrogen-bond acceptors (Lipinski definition) is 7. The van der Waals surface area contributed by atoms with E-state index >= 15 is 0 Å². The second-order valence-corrected chi connectivity index (χ2v) is 8.87. The normalized spacial score (nSPS) is 20.7. The van der Waals surface area contributed by atoms with Crippen LogP contribution in [0.1, 0.15) is 23.5 Å². The number of nitrogens with zero attached hydrogens (tertiary/aromatic N) is 3. The Kier molecular flexibility index (Phi) is 6.18. The third-order valence-corrected chi connectivity index (χ3v) is 6.27. The van der Waals surface area contributed by atoms with Crippen LogP contribution in [0.4, 0.5) is 13.2 Å². The van der Waals surface area contributed by atoms with Crippen LogP contribution in [0.3, 0.4) is 0 Å². The summed E-state index contributed by atoms with van der Waals surface area (Å²) in [5.41, 5.74) is 1.16. The van der Waals surface area contributed by atoms with Gasteiger partial charge in [0.1, 0.15) is 11.9 Å². The molecule has 0 bridgehead atoms. The Labute approximate surface area is 189 Å². The molecule has 11 heteroatoms. The molecule has 3 heterocycles. The standard InChI is InChI=1S/C20H18BrF3N4O2S/c1-2-30-19(29)15-14(8-28-9-20(23,24)10-28)26-17(18-25-5-6-31-18)27-16(15)12-4-3-11(22)7-13(12)21/h3-7,16H,2,8-10H2,1H3,(H,26,27). The molecular weight excluding hydrogens is 497 g/mol. The average Bonchev–Trinajstić information content (AvgIpc) is 3.21. The Morgan fingerprint density at radius 1 is 1.42 bits per heavy atom. The van der Waals surface area contributed by atoms with Gasteiger partial charge in [0.25, 0.3) is 5.92 Å². The fourth-order valence-corrected chi connectivity index (χ4v) is 4.67. The Morgan fingerprint density at radius 2 is 2.19 bits per heavy atom. The predicted molar refractivity (Wildman–Crippen MR) is 114 cm³/mol. The second kappa shape index (κ2) is 8.71. The van der Waals surface area contributed by atoms with Crippen molar-refractivity contribution in [3.8, 4) is 0 Å². The number of rotatable bonds is 6. The fraction of sp³-hybridized carbons (Fsp3) is 0.350. The van der Waals surface area contributed by atoms with E-state index in [9.17, 15) is 18.0 Å². The highest BCUT2D eigenvalue weighted by Crippen LogP contribution is 2.38. The van der Waals surface area contributed by atoms with Gasteiger partial charge in [-0.15, -0.1) is 11.3 Å². The van der Waals surface area contributed by atoms with E-state index in [0.717, 1.165) is 0 Å². The van der Waals surface area contributed by atoms with E-state index in [2.05, 4.69) is 31.2 Å². The van der Waals surface area contributed by atoms with E-state index in [4.69, 9.17) is 4.74 Å². The number of halogens is 4. The number of esters is 1. The van der Waals surface area contributed by atoms with Crippen LogP contribution in [0.2, 0.25) is 0 Å². The molecule has 4 rings (SSSR count). The van der Waals surface area contributed by atoms with Crippen molar-refractivity contribution in [3.63, 3.8) is 0 Å². The first-order chi connectivity index (χ1) is 14.8. The molecule has 6 nitrogen and oxygen atoms in total. The number of carbonyl (C=O) groups excluding carboxylic acids is 1. The smallest absolute Gasteiger partial charge is 0.338 e. The highest BCUT2D eigenvalue weighted by molar-refractivity contribution is 9.10. The number of aromatic nitrogens is 1. The molecule has 0 aliphatic carbocycles. The summed E-state index contributed by atoms with van der Waals surface area (Å²) in [5, 5.41) is 5.46. The molecule has 0 spiro atoms. The van der Waals surface area contributed by atoms with Crippen molar-refractivity contribution in [2.24, 2.45) is 4.99 Å². The number of nitrogens with one attached hydrogen (secondary N) is 1. The minimum absolute atomic E-state index is 0.0868. The van der Waals surface area contributed by atoms with Crippen LogP contribution < -0.4 is 5.32 Å². The van der Waals surface area contributed by atoms with Gasteiger partial charge < -0.3 is 10.1 Å². The van der Waals surface area contributed by atoms with E-state index in [1.54, 1.807) is 18.5 Å². The molecule has 1 aromatic heterocycles. The average molecular weight is 515 g/mol. The van der Waals surface area contributed by atoms with Crippen LogP contribution in [-0.2, 0) is 9.53 Å². The highest BCUT2D eigenvalue weighted by atomic mass is 79.9. The van der Waals surface area contributed by atoms with Crippen LogP contribution in [0.15, 0.2) is 50.5 Å². The zero-order valence-electron chi connectivity index (χ0n) is 16.4. The first-order valence-electron chi connectivity index (χ1n) is 9.47. The van der Waals surface area contributed by atoms with Crippen molar-refractivity contribution < 1.29 is 22.7 Å². The molecule has 1 unspecified atom stereocenters. The summed E-state index contributed by atoms with van der Waals surface area (Å²) in [6.07, 6.45) is 1.62. The number of ether oxygens (including phenoxy) is 1. The molecule has 2 aliphatic rings. The lowest BCUT2D eigenvalue weighted by atomic mass is 9.94. The van der Waals surface area contributed by atoms with E-state index < -0.39 is 36.8 Å². The van der Waals surface area contributed by atoms with E-state index in [-0.39, 0.29) is 18.7 Å². The highest BCUT2D eigenvalue weighted by Gasteiger charge is 2.45.